The van der Waals surface area contributed by atoms with Gasteiger partial charge in [0.1, 0.15) is 13.2 Å². The third kappa shape index (κ3) is 4.00. The lowest BCUT2D eigenvalue weighted by molar-refractivity contribution is 0.171. The average molecular weight is 487 g/mol. The smallest absolute Gasteiger partial charge is 0.269 e. The van der Waals surface area contributed by atoms with Crippen LogP contribution in [0.4, 0.5) is 0 Å². The molecular formula is C28H26N2O4S. The fourth-order valence-corrected chi connectivity index (χ4v) is 6.54. The highest BCUT2D eigenvalue weighted by Crippen LogP contribution is 2.39. The van der Waals surface area contributed by atoms with Crippen LogP contribution in [0, 0.1) is 5.92 Å². The first-order chi connectivity index (χ1) is 17.1. The Balaban J connectivity index is 1.61. The summed E-state index contributed by atoms with van der Waals surface area (Å²) in [6, 6.07) is 20.0. The van der Waals surface area contributed by atoms with E-state index in [1.165, 1.54) is 16.8 Å². The Morgan fingerprint density at radius 2 is 1.69 bits per heavy atom. The molecule has 2 aromatic heterocycles. The molecule has 3 heterocycles. The minimum Gasteiger partial charge on any atom is -0.486 e. The van der Waals surface area contributed by atoms with Crippen LogP contribution in [0.3, 0.4) is 0 Å². The molecule has 2 aliphatic rings. The fraction of sp³-hybridized carbons (Fsp3) is 0.250. The van der Waals surface area contributed by atoms with E-state index in [2.05, 4.69) is 11.1 Å². The molecule has 1 aliphatic heterocycles. The van der Waals surface area contributed by atoms with Gasteiger partial charge < -0.3 is 9.47 Å². The molecule has 1 fully saturated rings. The number of fused-ring (bicyclic) bond motifs is 2. The van der Waals surface area contributed by atoms with E-state index in [1.54, 1.807) is 30.5 Å². The highest BCUT2D eigenvalue weighted by atomic mass is 32.2. The van der Waals surface area contributed by atoms with Gasteiger partial charge in [0.15, 0.2) is 17.1 Å². The first kappa shape index (κ1) is 21.9. The molecule has 1 saturated carbocycles. The number of benzene rings is 2. The van der Waals surface area contributed by atoms with Gasteiger partial charge in [-0.3, -0.25) is 0 Å². The van der Waals surface area contributed by atoms with E-state index in [4.69, 9.17) is 9.47 Å². The molecular weight excluding hydrogens is 460 g/mol. The van der Waals surface area contributed by atoms with Gasteiger partial charge in [0.2, 0.25) is 0 Å². The largest absolute Gasteiger partial charge is 0.486 e. The SMILES string of the molecule is O=S(=O)(c1ccccc1)n1c(C(=CC2CCCC2)c2ccc3c(c2)OCCO3)cc2cccnc21. The van der Waals surface area contributed by atoms with Crippen molar-refractivity contribution in [3.8, 4) is 11.5 Å². The highest BCUT2D eigenvalue weighted by molar-refractivity contribution is 7.90. The Morgan fingerprint density at radius 1 is 0.914 bits per heavy atom. The van der Waals surface area contributed by atoms with E-state index < -0.39 is 10.0 Å². The molecule has 35 heavy (non-hydrogen) atoms. The molecule has 0 radical (unpaired) electrons. The molecule has 0 saturated heterocycles. The van der Waals surface area contributed by atoms with Gasteiger partial charge in [-0.05, 0) is 66.8 Å². The van der Waals surface area contributed by atoms with Crippen molar-refractivity contribution in [3.05, 3.63) is 90.3 Å². The molecule has 2 aromatic carbocycles. The van der Waals surface area contributed by atoms with Gasteiger partial charge in [0.05, 0.1) is 10.6 Å². The van der Waals surface area contributed by atoms with Crippen LogP contribution >= 0.6 is 0 Å². The quantitative estimate of drug-likeness (QED) is 0.364. The maximum absolute atomic E-state index is 14.0. The summed E-state index contributed by atoms with van der Waals surface area (Å²) >= 11 is 0. The lowest BCUT2D eigenvalue weighted by Crippen LogP contribution is -2.17. The zero-order chi connectivity index (χ0) is 23.8. The Kier molecular flexibility index (Phi) is 5.57. The normalized spacial score (nSPS) is 16.6. The van der Waals surface area contributed by atoms with Crippen molar-refractivity contribution in [2.75, 3.05) is 13.2 Å². The summed E-state index contributed by atoms with van der Waals surface area (Å²) < 4.78 is 41.0. The van der Waals surface area contributed by atoms with Gasteiger partial charge in [-0.1, -0.05) is 43.2 Å². The van der Waals surface area contributed by atoms with Crippen LogP contribution in [0.5, 0.6) is 11.5 Å². The third-order valence-electron chi connectivity index (χ3n) is 6.73. The summed E-state index contributed by atoms with van der Waals surface area (Å²) in [5, 5.41) is 0.775. The van der Waals surface area contributed by atoms with Gasteiger partial charge in [0.25, 0.3) is 10.0 Å². The average Bonchev–Trinajstić information content (AvgIpc) is 3.55. The predicted octanol–water partition coefficient (Wildman–Crippen LogP) is 5.67. The number of pyridine rings is 1. The molecule has 0 atom stereocenters. The van der Waals surface area contributed by atoms with E-state index in [0.717, 1.165) is 29.4 Å². The Hall–Kier alpha value is -3.58. The van der Waals surface area contributed by atoms with E-state index in [-0.39, 0.29) is 4.90 Å². The number of ether oxygens (including phenoxy) is 2. The number of hydrogen-bond donors (Lipinski definition) is 0. The Labute approximate surface area is 204 Å². The summed E-state index contributed by atoms with van der Waals surface area (Å²) in [7, 11) is -3.90. The lowest BCUT2D eigenvalue weighted by atomic mass is 9.96. The number of aromatic nitrogens is 2. The summed E-state index contributed by atoms with van der Waals surface area (Å²) in [6.45, 7) is 1.01. The van der Waals surface area contributed by atoms with Crippen molar-refractivity contribution in [2.45, 2.75) is 30.6 Å². The molecule has 0 amide bonds. The molecule has 178 valence electrons. The molecule has 4 aromatic rings. The highest BCUT2D eigenvalue weighted by Gasteiger charge is 2.27. The molecule has 0 N–H and O–H groups in total. The van der Waals surface area contributed by atoms with Crippen LogP contribution in [-0.2, 0) is 10.0 Å². The van der Waals surface area contributed by atoms with Gasteiger partial charge in [-0.2, -0.15) is 0 Å². The maximum Gasteiger partial charge on any atom is 0.269 e. The second kappa shape index (κ2) is 8.89. The molecule has 6 nitrogen and oxygen atoms in total. The molecule has 7 heteroatoms. The van der Waals surface area contributed by atoms with Gasteiger partial charge in [-0.25, -0.2) is 17.4 Å². The maximum atomic E-state index is 14.0. The second-order valence-corrected chi connectivity index (χ2v) is 10.8. The molecule has 1 aliphatic carbocycles. The zero-order valence-corrected chi connectivity index (χ0v) is 20.1. The van der Waals surface area contributed by atoms with Gasteiger partial charge in [0, 0.05) is 17.2 Å². The topological polar surface area (TPSA) is 70.4 Å². The van der Waals surface area contributed by atoms with Crippen molar-refractivity contribution in [1.29, 1.82) is 0 Å². The van der Waals surface area contributed by atoms with Crippen LogP contribution in [0.2, 0.25) is 0 Å². The van der Waals surface area contributed by atoms with Crippen molar-refractivity contribution < 1.29 is 17.9 Å². The number of hydrogen-bond acceptors (Lipinski definition) is 5. The van der Waals surface area contributed by atoms with Crippen LogP contribution in [0.25, 0.3) is 16.6 Å². The minimum absolute atomic E-state index is 0.229. The summed E-state index contributed by atoms with van der Waals surface area (Å²) in [5.74, 6) is 1.77. The lowest BCUT2D eigenvalue weighted by Gasteiger charge is -2.20. The Morgan fingerprint density at radius 3 is 2.49 bits per heavy atom. The van der Waals surface area contributed by atoms with Gasteiger partial charge >= 0.3 is 0 Å². The van der Waals surface area contributed by atoms with E-state index >= 15 is 0 Å². The monoisotopic (exact) mass is 486 g/mol. The standard InChI is InChI=1S/C28H26N2O4S/c31-35(32,23-10-2-1-3-11-23)30-25(18-22-9-6-14-29-28(22)30)24(17-20-7-4-5-8-20)21-12-13-26-27(19-21)34-16-15-33-26/h1-3,6,9-14,17-20H,4-5,7-8,15-16H2. The van der Waals surface area contributed by atoms with Crippen LogP contribution < -0.4 is 9.47 Å². The van der Waals surface area contributed by atoms with Crippen LogP contribution in [-0.4, -0.2) is 30.6 Å². The number of allylic oxidation sites excluding steroid dienone is 1. The fourth-order valence-electron chi connectivity index (χ4n) is 5.04. The number of rotatable bonds is 5. The third-order valence-corrected chi connectivity index (χ3v) is 8.45. The van der Waals surface area contributed by atoms with Crippen molar-refractivity contribution in [2.24, 2.45) is 5.92 Å². The van der Waals surface area contributed by atoms with Crippen molar-refractivity contribution in [3.63, 3.8) is 0 Å². The van der Waals surface area contributed by atoms with Crippen molar-refractivity contribution in [1.82, 2.24) is 8.96 Å². The summed E-state index contributed by atoms with van der Waals surface area (Å²) in [5.41, 5.74) is 2.78. The van der Waals surface area contributed by atoms with E-state index in [1.807, 2.05) is 42.5 Å². The zero-order valence-electron chi connectivity index (χ0n) is 19.3. The first-order valence-corrected chi connectivity index (χ1v) is 13.4. The summed E-state index contributed by atoms with van der Waals surface area (Å²) in [6.07, 6.45) is 8.43. The van der Waals surface area contributed by atoms with Crippen LogP contribution in [0.1, 0.15) is 36.9 Å². The predicted molar refractivity (Wildman–Crippen MR) is 135 cm³/mol. The minimum atomic E-state index is -3.90. The first-order valence-electron chi connectivity index (χ1n) is 12.0. The number of nitrogens with zero attached hydrogens (tertiary/aromatic N) is 2. The van der Waals surface area contributed by atoms with Crippen molar-refractivity contribution >= 4 is 26.6 Å². The molecule has 0 bridgehead atoms. The molecule has 0 unspecified atom stereocenters. The van der Waals surface area contributed by atoms with E-state index in [0.29, 0.717) is 42.0 Å². The Bertz CT molecular complexity index is 1520. The summed E-state index contributed by atoms with van der Waals surface area (Å²) in [4.78, 5) is 4.71. The molecule has 6 rings (SSSR count). The molecule has 0 spiro atoms. The second-order valence-electron chi connectivity index (χ2n) is 9.01. The van der Waals surface area contributed by atoms with E-state index in [9.17, 15) is 8.42 Å². The van der Waals surface area contributed by atoms with Gasteiger partial charge in [-0.15, -0.1) is 0 Å². The van der Waals surface area contributed by atoms with Crippen LogP contribution in [0.15, 0.2) is 83.9 Å².